The smallest absolute Gasteiger partial charge is 0.301 e. The highest BCUT2D eigenvalue weighted by Crippen LogP contribution is 2.24. The zero-order chi connectivity index (χ0) is 17.2. The number of carbonyl (C=O) groups is 1. The van der Waals surface area contributed by atoms with E-state index in [1.54, 1.807) is 36.4 Å². The summed E-state index contributed by atoms with van der Waals surface area (Å²) < 4.78 is 34.6. The lowest BCUT2D eigenvalue weighted by Crippen LogP contribution is -2.41. The molecule has 7 nitrogen and oxygen atoms in total. The average Bonchev–Trinajstić information content (AvgIpc) is 3.03. The number of ether oxygens (including phenoxy) is 1. The zero-order valence-corrected chi connectivity index (χ0v) is 13.5. The quantitative estimate of drug-likeness (QED) is 0.689. The van der Waals surface area contributed by atoms with E-state index in [-0.39, 0.29) is 10.7 Å². The number of carbonyl (C=O) groups excluding carboxylic acids is 1. The number of fused-ring (bicyclic) bond motifs is 1. The minimum absolute atomic E-state index is 0.0194. The second-order valence-corrected chi connectivity index (χ2v) is 6.57. The molecule has 0 radical (unpaired) electrons. The van der Waals surface area contributed by atoms with Crippen molar-refractivity contribution in [2.75, 3.05) is 7.11 Å². The maximum atomic E-state index is 12.1. The summed E-state index contributed by atoms with van der Waals surface area (Å²) in [6, 6.07) is 14.3. The molecule has 0 aliphatic rings. The van der Waals surface area contributed by atoms with Crippen molar-refractivity contribution in [1.82, 2.24) is 10.3 Å². The molecule has 1 heterocycles. The molecule has 0 unspecified atom stereocenters. The predicted molar refractivity (Wildman–Crippen MR) is 87.0 cm³/mol. The Balaban J connectivity index is 1.75. The van der Waals surface area contributed by atoms with Gasteiger partial charge in [-0.05, 0) is 30.3 Å². The van der Waals surface area contributed by atoms with Crippen molar-refractivity contribution in [3.05, 3.63) is 60.4 Å². The van der Waals surface area contributed by atoms with Crippen LogP contribution in [-0.2, 0) is 10.0 Å². The van der Waals surface area contributed by atoms with E-state index in [9.17, 15) is 13.2 Å². The van der Waals surface area contributed by atoms with E-state index >= 15 is 0 Å². The molecule has 0 saturated heterocycles. The summed E-state index contributed by atoms with van der Waals surface area (Å²) in [6.07, 6.45) is 0. The van der Waals surface area contributed by atoms with Gasteiger partial charge in [-0.1, -0.05) is 18.2 Å². The molecule has 0 aliphatic heterocycles. The fourth-order valence-electron chi connectivity index (χ4n) is 2.08. The van der Waals surface area contributed by atoms with Gasteiger partial charge >= 0.3 is 5.91 Å². The fraction of sp³-hybridized carbons (Fsp3) is 0.0625. The first-order chi connectivity index (χ1) is 11.5. The number of hydrogen-bond acceptors (Lipinski definition) is 5. The van der Waals surface area contributed by atoms with Crippen molar-refractivity contribution in [2.24, 2.45) is 0 Å². The van der Waals surface area contributed by atoms with Gasteiger partial charge in [0, 0.05) is 11.5 Å². The van der Waals surface area contributed by atoms with Crippen molar-refractivity contribution in [3.8, 4) is 5.75 Å². The van der Waals surface area contributed by atoms with E-state index < -0.39 is 15.9 Å². The molecule has 24 heavy (non-hydrogen) atoms. The number of sulfonamides is 1. The lowest BCUT2D eigenvalue weighted by Gasteiger charge is -2.06. The standard InChI is InChI=1S/C16H14N2O5S/c1-22-12-8-7-11-9-15(23-14(11)10-12)16(19)17-18-24(20,21)13-5-3-2-4-6-13/h2-10,18H,1H3,(H,17,19). The Morgan fingerprint density at radius 1 is 1.08 bits per heavy atom. The molecule has 8 heteroatoms. The monoisotopic (exact) mass is 346 g/mol. The number of rotatable bonds is 5. The summed E-state index contributed by atoms with van der Waals surface area (Å²) in [5, 5.41) is 0.701. The third-order valence-electron chi connectivity index (χ3n) is 3.30. The van der Waals surface area contributed by atoms with E-state index in [0.717, 1.165) is 0 Å². The number of furan rings is 1. The molecule has 3 aromatic rings. The molecule has 3 rings (SSSR count). The van der Waals surface area contributed by atoms with Crippen LogP contribution < -0.4 is 15.0 Å². The molecule has 124 valence electrons. The molecular weight excluding hydrogens is 332 g/mol. The van der Waals surface area contributed by atoms with Crippen LogP contribution in [0.15, 0.2) is 63.9 Å². The zero-order valence-electron chi connectivity index (χ0n) is 12.6. The first kappa shape index (κ1) is 16.0. The van der Waals surface area contributed by atoms with Gasteiger partial charge in [0.25, 0.3) is 10.0 Å². The van der Waals surface area contributed by atoms with Gasteiger partial charge in [-0.3, -0.25) is 10.2 Å². The van der Waals surface area contributed by atoms with Crippen molar-refractivity contribution < 1.29 is 22.4 Å². The Labute approximate surface area is 138 Å². The van der Waals surface area contributed by atoms with Crippen LogP contribution in [0.1, 0.15) is 10.6 Å². The van der Waals surface area contributed by atoms with E-state index in [0.29, 0.717) is 16.7 Å². The lowest BCUT2D eigenvalue weighted by molar-refractivity contribution is 0.0919. The first-order valence-electron chi connectivity index (χ1n) is 6.94. The molecule has 0 fully saturated rings. The summed E-state index contributed by atoms with van der Waals surface area (Å²) in [4.78, 5) is 14.2. The normalized spacial score (nSPS) is 11.4. The number of amides is 1. The Morgan fingerprint density at radius 2 is 1.83 bits per heavy atom. The molecule has 2 aromatic carbocycles. The van der Waals surface area contributed by atoms with E-state index in [1.807, 2.05) is 4.83 Å². The van der Waals surface area contributed by atoms with Gasteiger partial charge in [-0.2, -0.15) is 0 Å². The number of nitrogens with one attached hydrogen (secondary N) is 2. The molecular formula is C16H14N2O5S. The molecule has 1 amide bonds. The minimum atomic E-state index is -3.85. The van der Waals surface area contributed by atoms with Gasteiger partial charge in [0.1, 0.15) is 11.3 Å². The Hall–Kier alpha value is -2.84. The van der Waals surface area contributed by atoms with E-state index in [4.69, 9.17) is 9.15 Å². The minimum Gasteiger partial charge on any atom is -0.497 e. The van der Waals surface area contributed by atoms with Crippen LogP contribution in [-0.4, -0.2) is 21.4 Å². The second kappa shape index (κ2) is 6.34. The number of hydrogen-bond donors (Lipinski definition) is 2. The molecule has 0 spiro atoms. The van der Waals surface area contributed by atoms with Gasteiger partial charge < -0.3 is 9.15 Å². The maximum absolute atomic E-state index is 12.1. The summed E-state index contributed by atoms with van der Waals surface area (Å²) in [6.45, 7) is 0. The first-order valence-corrected chi connectivity index (χ1v) is 8.43. The van der Waals surface area contributed by atoms with Gasteiger partial charge in [0.05, 0.1) is 12.0 Å². The van der Waals surface area contributed by atoms with Crippen LogP contribution in [0.3, 0.4) is 0 Å². The topological polar surface area (TPSA) is 97.6 Å². The summed E-state index contributed by atoms with van der Waals surface area (Å²) in [5.41, 5.74) is 2.59. The Morgan fingerprint density at radius 3 is 2.54 bits per heavy atom. The van der Waals surface area contributed by atoms with E-state index in [1.165, 1.54) is 25.3 Å². The van der Waals surface area contributed by atoms with Crippen molar-refractivity contribution in [2.45, 2.75) is 4.90 Å². The van der Waals surface area contributed by atoms with Crippen LogP contribution in [0.4, 0.5) is 0 Å². The predicted octanol–water partition coefficient (Wildman–Crippen LogP) is 2.06. The third-order valence-corrected chi connectivity index (χ3v) is 4.57. The van der Waals surface area contributed by atoms with Crippen molar-refractivity contribution >= 4 is 26.9 Å². The van der Waals surface area contributed by atoms with Crippen molar-refractivity contribution in [3.63, 3.8) is 0 Å². The molecule has 0 saturated carbocycles. The van der Waals surface area contributed by atoms with Crippen LogP contribution in [0.25, 0.3) is 11.0 Å². The van der Waals surface area contributed by atoms with Crippen molar-refractivity contribution in [1.29, 1.82) is 0 Å². The molecule has 0 aliphatic carbocycles. The van der Waals surface area contributed by atoms with Crippen LogP contribution in [0, 0.1) is 0 Å². The fourth-order valence-corrected chi connectivity index (χ4v) is 2.94. The molecule has 0 atom stereocenters. The average molecular weight is 346 g/mol. The Kier molecular flexibility index (Phi) is 4.24. The SMILES string of the molecule is COc1ccc2cc(C(=O)NNS(=O)(=O)c3ccccc3)oc2c1. The van der Waals surface area contributed by atoms with Gasteiger partial charge in [0.2, 0.25) is 0 Å². The highest BCUT2D eigenvalue weighted by Gasteiger charge is 2.17. The summed E-state index contributed by atoms with van der Waals surface area (Å²) in [7, 11) is -2.32. The number of hydrazine groups is 1. The second-order valence-electron chi connectivity index (χ2n) is 4.89. The van der Waals surface area contributed by atoms with E-state index in [2.05, 4.69) is 5.43 Å². The molecule has 1 aromatic heterocycles. The lowest BCUT2D eigenvalue weighted by atomic mass is 10.2. The van der Waals surface area contributed by atoms with Gasteiger partial charge in [0.15, 0.2) is 5.76 Å². The van der Waals surface area contributed by atoms with Crippen LogP contribution in [0.2, 0.25) is 0 Å². The summed E-state index contributed by atoms with van der Waals surface area (Å²) >= 11 is 0. The number of benzene rings is 2. The van der Waals surface area contributed by atoms with Crippen LogP contribution in [0.5, 0.6) is 5.75 Å². The number of methoxy groups -OCH3 is 1. The molecule has 0 bridgehead atoms. The van der Waals surface area contributed by atoms with Gasteiger partial charge in [-0.25, -0.2) is 8.42 Å². The highest BCUT2D eigenvalue weighted by atomic mass is 32.2. The third kappa shape index (κ3) is 3.24. The van der Waals surface area contributed by atoms with Crippen LogP contribution >= 0.6 is 0 Å². The van der Waals surface area contributed by atoms with Gasteiger partial charge in [-0.15, -0.1) is 4.83 Å². The highest BCUT2D eigenvalue weighted by molar-refractivity contribution is 7.89. The molecule has 2 N–H and O–H groups in total. The maximum Gasteiger partial charge on any atom is 0.301 e. The largest absolute Gasteiger partial charge is 0.497 e. The summed E-state index contributed by atoms with van der Waals surface area (Å²) in [5.74, 6) is -0.132. The Bertz CT molecular complexity index is 980.